The Hall–Kier alpha value is -1.43. The molecule has 0 aromatic carbocycles. The van der Waals surface area contributed by atoms with E-state index in [0.29, 0.717) is 24.8 Å². The molecule has 2 N–H and O–H groups in total. The Labute approximate surface area is 87.4 Å². The average molecular weight is 210 g/mol. The third-order valence-electron chi connectivity index (χ3n) is 2.66. The molecule has 1 aliphatic rings. The van der Waals surface area contributed by atoms with Gasteiger partial charge in [0, 0.05) is 20.1 Å². The molecule has 2 rings (SSSR count). The lowest BCUT2D eigenvalue weighted by Gasteiger charge is -2.12. The summed E-state index contributed by atoms with van der Waals surface area (Å²) in [6, 6.07) is 0. The number of amides is 1. The normalized spacial score (nSPS) is 25.5. The maximum absolute atomic E-state index is 11.6. The van der Waals surface area contributed by atoms with Crippen LogP contribution >= 0.6 is 0 Å². The molecule has 1 saturated heterocycles. The Bertz CT molecular complexity index is 363. The van der Waals surface area contributed by atoms with Gasteiger partial charge in [0.05, 0.1) is 11.8 Å². The summed E-state index contributed by atoms with van der Waals surface area (Å²) < 4.78 is 5.09. The summed E-state index contributed by atoms with van der Waals surface area (Å²) >= 11 is 0. The predicted molar refractivity (Wildman–Crippen MR) is 52.2 cm³/mol. The fourth-order valence-corrected chi connectivity index (χ4v) is 1.86. The minimum absolute atomic E-state index is 0.00819. The first-order valence-electron chi connectivity index (χ1n) is 4.95. The Morgan fingerprint density at radius 2 is 2.40 bits per heavy atom. The molecule has 0 unspecified atom stereocenters. The van der Waals surface area contributed by atoms with E-state index in [0.717, 1.165) is 0 Å². The van der Waals surface area contributed by atoms with Gasteiger partial charge in [-0.25, -0.2) is 0 Å². The minimum Gasteiger partial charge on any atom is -0.359 e. The molecular formula is C9H14N4O2. The third kappa shape index (κ3) is 1.85. The van der Waals surface area contributed by atoms with Crippen LogP contribution in [-0.4, -0.2) is 36.2 Å². The molecule has 0 bridgehead atoms. The lowest BCUT2D eigenvalue weighted by molar-refractivity contribution is -0.124. The zero-order chi connectivity index (χ0) is 10.8. The van der Waals surface area contributed by atoms with Crippen molar-refractivity contribution >= 4 is 5.91 Å². The molecule has 2 atom stereocenters. The van der Waals surface area contributed by atoms with Gasteiger partial charge in [0.2, 0.25) is 11.8 Å². The highest BCUT2D eigenvalue weighted by atomic mass is 16.5. The van der Waals surface area contributed by atoms with Gasteiger partial charge in [-0.1, -0.05) is 5.16 Å². The summed E-state index contributed by atoms with van der Waals surface area (Å²) in [5.74, 6) is 1.04. The summed E-state index contributed by atoms with van der Waals surface area (Å²) in [5, 5.41) is 9.54. The lowest BCUT2D eigenvalue weighted by atomic mass is 9.95. The van der Waals surface area contributed by atoms with Crippen molar-refractivity contribution in [2.24, 2.45) is 5.92 Å². The van der Waals surface area contributed by atoms with Crippen molar-refractivity contribution < 1.29 is 9.32 Å². The number of rotatable bonds is 2. The molecule has 1 fully saturated rings. The van der Waals surface area contributed by atoms with Gasteiger partial charge in [0.15, 0.2) is 5.82 Å². The van der Waals surface area contributed by atoms with Crippen LogP contribution in [0, 0.1) is 12.8 Å². The van der Waals surface area contributed by atoms with E-state index >= 15 is 0 Å². The quantitative estimate of drug-likeness (QED) is 0.683. The van der Waals surface area contributed by atoms with E-state index in [1.54, 1.807) is 14.0 Å². The van der Waals surface area contributed by atoms with Crippen LogP contribution in [0.4, 0.5) is 0 Å². The molecule has 2 heterocycles. The zero-order valence-electron chi connectivity index (χ0n) is 8.78. The van der Waals surface area contributed by atoms with Crippen molar-refractivity contribution in [3.05, 3.63) is 11.7 Å². The van der Waals surface area contributed by atoms with E-state index in [1.165, 1.54) is 0 Å². The van der Waals surface area contributed by atoms with Gasteiger partial charge in [-0.15, -0.1) is 0 Å². The first kappa shape index (κ1) is 10.1. The number of nitrogens with one attached hydrogen (secondary N) is 2. The van der Waals surface area contributed by atoms with Gasteiger partial charge in [0.1, 0.15) is 0 Å². The van der Waals surface area contributed by atoms with Crippen LogP contribution in [-0.2, 0) is 4.79 Å². The molecule has 15 heavy (non-hydrogen) atoms. The number of hydrogen-bond acceptors (Lipinski definition) is 5. The summed E-state index contributed by atoms with van der Waals surface area (Å²) in [6.07, 6.45) is 0. The van der Waals surface area contributed by atoms with Gasteiger partial charge in [-0.2, -0.15) is 4.98 Å². The number of nitrogens with zero attached hydrogens (tertiary/aromatic N) is 2. The van der Waals surface area contributed by atoms with Crippen molar-refractivity contribution in [1.29, 1.82) is 0 Å². The summed E-state index contributed by atoms with van der Waals surface area (Å²) in [6.45, 7) is 3.13. The van der Waals surface area contributed by atoms with E-state index in [4.69, 9.17) is 4.52 Å². The highest BCUT2D eigenvalue weighted by Gasteiger charge is 2.36. The first-order chi connectivity index (χ1) is 7.22. The van der Waals surface area contributed by atoms with E-state index < -0.39 is 0 Å². The Kier molecular flexibility index (Phi) is 2.68. The summed E-state index contributed by atoms with van der Waals surface area (Å²) in [7, 11) is 1.64. The van der Waals surface area contributed by atoms with E-state index in [1.807, 2.05) is 0 Å². The molecule has 0 saturated carbocycles. The first-order valence-corrected chi connectivity index (χ1v) is 4.95. The van der Waals surface area contributed by atoms with E-state index in [-0.39, 0.29) is 17.7 Å². The van der Waals surface area contributed by atoms with E-state index in [2.05, 4.69) is 20.8 Å². The van der Waals surface area contributed by atoms with Crippen molar-refractivity contribution in [3.8, 4) is 0 Å². The number of aromatic nitrogens is 2. The molecule has 0 radical (unpaired) electrons. The molecule has 0 aliphatic carbocycles. The molecule has 6 nitrogen and oxygen atoms in total. The number of hydrogen-bond donors (Lipinski definition) is 2. The number of carbonyl (C=O) groups is 1. The molecule has 1 aromatic heterocycles. The second-order valence-corrected chi connectivity index (χ2v) is 3.67. The van der Waals surface area contributed by atoms with Crippen LogP contribution in [0.3, 0.4) is 0 Å². The van der Waals surface area contributed by atoms with Crippen molar-refractivity contribution in [1.82, 2.24) is 20.8 Å². The van der Waals surface area contributed by atoms with Crippen LogP contribution in [0.15, 0.2) is 4.52 Å². The van der Waals surface area contributed by atoms with Crippen LogP contribution in [0.25, 0.3) is 0 Å². The molecule has 1 aliphatic heterocycles. The van der Waals surface area contributed by atoms with Crippen molar-refractivity contribution in [3.63, 3.8) is 0 Å². The fourth-order valence-electron chi connectivity index (χ4n) is 1.86. The van der Waals surface area contributed by atoms with Crippen LogP contribution < -0.4 is 10.6 Å². The largest absolute Gasteiger partial charge is 0.359 e. The Balaban J connectivity index is 2.18. The Morgan fingerprint density at radius 1 is 1.60 bits per heavy atom. The maximum Gasteiger partial charge on any atom is 0.231 e. The topological polar surface area (TPSA) is 80.0 Å². The van der Waals surface area contributed by atoms with Crippen molar-refractivity contribution in [2.75, 3.05) is 20.1 Å². The van der Waals surface area contributed by atoms with Crippen molar-refractivity contribution in [2.45, 2.75) is 12.8 Å². The molecule has 1 aromatic rings. The van der Waals surface area contributed by atoms with Gasteiger partial charge < -0.3 is 15.2 Å². The number of carbonyl (C=O) groups excluding carboxylic acids is 1. The SMILES string of the molecule is CNC(=O)[C@@H]1CNC[C@H]1c1nc(C)no1. The highest BCUT2D eigenvalue weighted by molar-refractivity contribution is 5.79. The molecule has 6 heteroatoms. The molecule has 82 valence electrons. The van der Waals surface area contributed by atoms with Crippen LogP contribution in [0.1, 0.15) is 17.6 Å². The zero-order valence-corrected chi connectivity index (χ0v) is 8.78. The monoisotopic (exact) mass is 210 g/mol. The van der Waals surface area contributed by atoms with E-state index in [9.17, 15) is 4.79 Å². The molecule has 0 spiro atoms. The average Bonchev–Trinajstić information content (AvgIpc) is 2.84. The molecule has 1 amide bonds. The number of aryl methyl sites for hydroxylation is 1. The second kappa shape index (κ2) is 3.98. The van der Waals surface area contributed by atoms with Crippen LogP contribution in [0.5, 0.6) is 0 Å². The second-order valence-electron chi connectivity index (χ2n) is 3.67. The smallest absolute Gasteiger partial charge is 0.231 e. The minimum atomic E-state index is -0.116. The fraction of sp³-hybridized carbons (Fsp3) is 0.667. The standard InChI is InChI=1S/C9H14N4O2/c1-5-12-9(15-13-5)7-4-11-3-6(7)8(14)10-2/h6-7,11H,3-4H2,1-2H3,(H,10,14)/t6-,7-/m1/s1. The summed E-state index contributed by atoms with van der Waals surface area (Å²) in [4.78, 5) is 15.7. The van der Waals surface area contributed by atoms with Gasteiger partial charge in [-0.05, 0) is 6.92 Å². The maximum atomic E-state index is 11.6. The van der Waals surface area contributed by atoms with Gasteiger partial charge in [0.25, 0.3) is 0 Å². The third-order valence-corrected chi connectivity index (χ3v) is 2.66. The Morgan fingerprint density at radius 3 is 3.00 bits per heavy atom. The molecular weight excluding hydrogens is 196 g/mol. The summed E-state index contributed by atoms with van der Waals surface area (Å²) in [5.41, 5.74) is 0. The highest BCUT2D eigenvalue weighted by Crippen LogP contribution is 2.26. The van der Waals surface area contributed by atoms with Gasteiger partial charge >= 0.3 is 0 Å². The van der Waals surface area contributed by atoms with Crippen LogP contribution in [0.2, 0.25) is 0 Å². The lowest BCUT2D eigenvalue weighted by Crippen LogP contribution is -2.31. The predicted octanol–water partition coefficient (Wildman–Crippen LogP) is -0.573. The van der Waals surface area contributed by atoms with Gasteiger partial charge in [-0.3, -0.25) is 4.79 Å².